The summed E-state index contributed by atoms with van der Waals surface area (Å²) < 4.78 is 0. The zero-order valence-electron chi connectivity index (χ0n) is 12.2. The molecule has 1 amide bonds. The first-order valence-electron chi connectivity index (χ1n) is 7.50. The molecule has 1 fully saturated rings. The van der Waals surface area contributed by atoms with Crippen LogP contribution >= 0.6 is 11.6 Å². The van der Waals surface area contributed by atoms with Crippen molar-refractivity contribution in [1.82, 2.24) is 4.98 Å². The highest BCUT2D eigenvalue weighted by Crippen LogP contribution is 2.22. The molecule has 3 rings (SSSR count). The van der Waals surface area contributed by atoms with Gasteiger partial charge in [-0.25, -0.2) is 4.98 Å². The van der Waals surface area contributed by atoms with Crippen molar-refractivity contribution in [3.05, 3.63) is 53.2 Å². The van der Waals surface area contributed by atoms with Gasteiger partial charge in [-0.1, -0.05) is 24.4 Å². The quantitative estimate of drug-likeness (QED) is 0.882. The molecule has 1 saturated carbocycles. The van der Waals surface area contributed by atoms with Crippen LogP contribution < -0.4 is 10.6 Å². The van der Waals surface area contributed by atoms with Crippen LogP contribution in [-0.2, 0) is 0 Å². The van der Waals surface area contributed by atoms with Gasteiger partial charge in [0, 0.05) is 16.6 Å². The van der Waals surface area contributed by atoms with Gasteiger partial charge in [-0.05, 0) is 49.2 Å². The Hall–Kier alpha value is -2.07. The molecule has 1 heterocycles. The van der Waals surface area contributed by atoms with Crippen molar-refractivity contribution in [2.75, 3.05) is 10.6 Å². The van der Waals surface area contributed by atoms with E-state index in [1.807, 2.05) is 12.1 Å². The number of halogens is 1. The monoisotopic (exact) mass is 315 g/mol. The average Bonchev–Trinajstić information content (AvgIpc) is 3.03. The fourth-order valence-corrected chi connectivity index (χ4v) is 2.76. The average molecular weight is 316 g/mol. The predicted octanol–water partition coefficient (Wildman–Crippen LogP) is 4.34. The second-order valence-corrected chi connectivity index (χ2v) is 5.96. The molecular weight excluding hydrogens is 298 g/mol. The fraction of sp³-hybridized carbons (Fsp3) is 0.294. The number of nitrogens with one attached hydrogen (secondary N) is 2. The summed E-state index contributed by atoms with van der Waals surface area (Å²) in [5.41, 5.74) is 1.24. The van der Waals surface area contributed by atoms with Crippen LogP contribution in [0.2, 0.25) is 5.02 Å². The lowest BCUT2D eigenvalue weighted by Gasteiger charge is -2.13. The second kappa shape index (κ2) is 6.79. The van der Waals surface area contributed by atoms with E-state index in [0.29, 0.717) is 22.3 Å². The summed E-state index contributed by atoms with van der Waals surface area (Å²) in [6.45, 7) is 0. The molecule has 0 atom stereocenters. The molecular formula is C17H18ClN3O. The van der Waals surface area contributed by atoms with Crippen molar-refractivity contribution in [2.45, 2.75) is 31.7 Å². The first-order chi connectivity index (χ1) is 10.7. The van der Waals surface area contributed by atoms with E-state index in [4.69, 9.17) is 11.6 Å². The Labute approximate surface area is 134 Å². The van der Waals surface area contributed by atoms with Gasteiger partial charge in [-0.3, -0.25) is 4.79 Å². The minimum atomic E-state index is -0.171. The van der Waals surface area contributed by atoms with E-state index in [9.17, 15) is 4.79 Å². The van der Waals surface area contributed by atoms with Crippen LogP contribution in [-0.4, -0.2) is 16.9 Å². The summed E-state index contributed by atoms with van der Waals surface area (Å²) in [6, 6.07) is 11.1. The van der Waals surface area contributed by atoms with Crippen LogP contribution in [0, 0.1) is 0 Å². The molecule has 0 bridgehead atoms. The van der Waals surface area contributed by atoms with Crippen molar-refractivity contribution < 1.29 is 4.79 Å². The Bertz CT molecular complexity index is 634. The molecule has 2 aromatic rings. The van der Waals surface area contributed by atoms with Crippen molar-refractivity contribution in [2.24, 2.45) is 0 Å². The SMILES string of the molecule is O=C(Nc1ccc(NC2CCCC2)nc1)c1ccc(Cl)cc1. The molecule has 5 heteroatoms. The third-order valence-electron chi connectivity index (χ3n) is 3.83. The number of amides is 1. The molecule has 0 saturated heterocycles. The van der Waals surface area contributed by atoms with Gasteiger partial charge in [0.25, 0.3) is 5.91 Å². The third-order valence-corrected chi connectivity index (χ3v) is 4.09. The first kappa shape index (κ1) is 14.9. The molecule has 22 heavy (non-hydrogen) atoms. The zero-order valence-corrected chi connectivity index (χ0v) is 12.9. The van der Waals surface area contributed by atoms with Gasteiger partial charge >= 0.3 is 0 Å². The number of anilines is 2. The number of carbonyl (C=O) groups excluding carboxylic acids is 1. The number of carbonyl (C=O) groups is 1. The summed E-state index contributed by atoms with van der Waals surface area (Å²) in [5.74, 6) is 0.686. The second-order valence-electron chi connectivity index (χ2n) is 5.52. The maximum Gasteiger partial charge on any atom is 0.255 e. The molecule has 0 aliphatic heterocycles. The molecule has 1 aromatic carbocycles. The summed E-state index contributed by atoms with van der Waals surface area (Å²) in [7, 11) is 0. The largest absolute Gasteiger partial charge is 0.367 e. The number of pyridine rings is 1. The number of aromatic nitrogens is 1. The highest BCUT2D eigenvalue weighted by molar-refractivity contribution is 6.30. The minimum Gasteiger partial charge on any atom is -0.367 e. The number of hydrogen-bond donors (Lipinski definition) is 2. The van der Waals surface area contributed by atoms with Crippen molar-refractivity contribution >= 4 is 29.0 Å². The molecule has 1 aliphatic rings. The van der Waals surface area contributed by atoms with E-state index in [-0.39, 0.29) is 5.91 Å². The Morgan fingerprint density at radius 2 is 1.82 bits per heavy atom. The summed E-state index contributed by atoms with van der Waals surface area (Å²) in [4.78, 5) is 16.4. The van der Waals surface area contributed by atoms with E-state index >= 15 is 0 Å². The molecule has 0 unspecified atom stereocenters. The Morgan fingerprint density at radius 1 is 1.09 bits per heavy atom. The highest BCUT2D eigenvalue weighted by atomic mass is 35.5. The normalized spacial score (nSPS) is 14.8. The molecule has 2 N–H and O–H groups in total. The van der Waals surface area contributed by atoms with Crippen LogP contribution in [0.3, 0.4) is 0 Å². The Morgan fingerprint density at radius 3 is 2.45 bits per heavy atom. The maximum atomic E-state index is 12.1. The molecule has 0 spiro atoms. The Balaban J connectivity index is 1.60. The zero-order chi connectivity index (χ0) is 15.4. The van der Waals surface area contributed by atoms with E-state index in [1.54, 1.807) is 30.5 Å². The summed E-state index contributed by atoms with van der Waals surface area (Å²) in [5, 5.41) is 6.86. The van der Waals surface area contributed by atoms with Crippen molar-refractivity contribution in [3.63, 3.8) is 0 Å². The first-order valence-corrected chi connectivity index (χ1v) is 7.88. The lowest BCUT2D eigenvalue weighted by Crippen LogP contribution is -2.16. The topological polar surface area (TPSA) is 54.0 Å². The highest BCUT2D eigenvalue weighted by Gasteiger charge is 2.14. The van der Waals surface area contributed by atoms with E-state index in [2.05, 4.69) is 15.6 Å². The van der Waals surface area contributed by atoms with Gasteiger partial charge in [0.05, 0.1) is 11.9 Å². The molecule has 1 aliphatic carbocycles. The van der Waals surface area contributed by atoms with Crippen LogP contribution in [0.25, 0.3) is 0 Å². The van der Waals surface area contributed by atoms with Gasteiger partial charge in [-0.2, -0.15) is 0 Å². The van der Waals surface area contributed by atoms with Crippen molar-refractivity contribution in [3.8, 4) is 0 Å². The molecule has 114 valence electrons. The molecule has 0 radical (unpaired) electrons. The number of benzene rings is 1. The van der Waals surface area contributed by atoms with E-state index in [1.165, 1.54) is 25.7 Å². The maximum absolute atomic E-state index is 12.1. The molecule has 4 nitrogen and oxygen atoms in total. The fourth-order valence-electron chi connectivity index (χ4n) is 2.64. The molecule has 1 aromatic heterocycles. The van der Waals surface area contributed by atoms with Gasteiger partial charge in [0.15, 0.2) is 0 Å². The standard InChI is InChI=1S/C17H18ClN3O/c18-13-7-5-12(6-8-13)17(22)21-15-9-10-16(19-11-15)20-14-3-1-2-4-14/h5-11,14H,1-4H2,(H,19,20)(H,21,22). The lowest BCUT2D eigenvalue weighted by atomic mass is 10.2. The number of hydrogen-bond acceptors (Lipinski definition) is 3. The summed E-state index contributed by atoms with van der Waals surface area (Å²) in [6.07, 6.45) is 6.65. The number of nitrogens with zero attached hydrogens (tertiary/aromatic N) is 1. The van der Waals surface area contributed by atoms with Crippen LogP contribution in [0.1, 0.15) is 36.0 Å². The third kappa shape index (κ3) is 3.77. The van der Waals surface area contributed by atoms with Crippen LogP contribution in [0.15, 0.2) is 42.6 Å². The van der Waals surface area contributed by atoms with Gasteiger partial charge in [0.1, 0.15) is 5.82 Å². The van der Waals surface area contributed by atoms with E-state index < -0.39 is 0 Å². The van der Waals surface area contributed by atoms with Crippen molar-refractivity contribution in [1.29, 1.82) is 0 Å². The van der Waals surface area contributed by atoms with Gasteiger partial charge in [-0.15, -0.1) is 0 Å². The van der Waals surface area contributed by atoms with Crippen LogP contribution in [0.5, 0.6) is 0 Å². The predicted molar refractivity (Wildman–Crippen MR) is 89.5 cm³/mol. The van der Waals surface area contributed by atoms with Gasteiger partial charge < -0.3 is 10.6 Å². The minimum absolute atomic E-state index is 0.171. The number of rotatable bonds is 4. The lowest BCUT2D eigenvalue weighted by molar-refractivity contribution is 0.102. The Kier molecular flexibility index (Phi) is 4.59. The summed E-state index contributed by atoms with van der Waals surface area (Å²) >= 11 is 5.82. The smallest absolute Gasteiger partial charge is 0.255 e. The van der Waals surface area contributed by atoms with E-state index in [0.717, 1.165) is 5.82 Å². The van der Waals surface area contributed by atoms with Gasteiger partial charge in [0.2, 0.25) is 0 Å². The van der Waals surface area contributed by atoms with Crippen LogP contribution in [0.4, 0.5) is 11.5 Å².